The Kier molecular flexibility index (Phi) is 5.53. The maximum Gasteiger partial charge on any atom is 0.341 e. The second kappa shape index (κ2) is 7.43. The molecule has 0 bridgehead atoms. The van der Waals surface area contributed by atoms with Gasteiger partial charge in [0.25, 0.3) is 5.56 Å². The molecule has 0 atom stereocenters. The molecule has 0 radical (unpaired) electrons. The van der Waals surface area contributed by atoms with Crippen LogP contribution in [0, 0.1) is 12.7 Å². The summed E-state index contributed by atoms with van der Waals surface area (Å²) >= 11 is 1.07. The largest absolute Gasteiger partial charge is 0.477 e. The number of carboxylic acid groups (broad SMARTS) is 1. The summed E-state index contributed by atoms with van der Waals surface area (Å²) in [6.07, 6.45) is 0. The molecule has 8 heteroatoms. The molecule has 0 aliphatic rings. The Morgan fingerprint density at radius 2 is 2.04 bits per heavy atom. The van der Waals surface area contributed by atoms with Gasteiger partial charge in [-0.3, -0.25) is 9.36 Å². The van der Waals surface area contributed by atoms with Gasteiger partial charge in [0.15, 0.2) is 0 Å². The summed E-state index contributed by atoms with van der Waals surface area (Å²) in [6.45, 7) is 5.74. The van der Waals surface area contributed by atoms with E-state index in [4.69, 9.17) is 0 Å². The van der Waals surface area contributed by atoms with Gasteiger partial charge in [0.2, 0.25) is 0 Å². The predicted octanol–water partition coefficient (Wildman–Crippen LogP) is 3.91. The fourth-order valence-electron chi connectivity index (χ4n) is 2.31. The molecule has 0 saturated carbocycles. The molecule has 0 fully saturated rings. The fourth-order valence-corrected chi connectivity index (χ4v) is 3.08. The van der Waals surface area contributed by atoms with Crippen molar-refractivity contribution in [2.75, 3.05) is 5.32 Å². The number of halogens is 1. The minimum absolute atomic E-state index is 0.0105. The number of fused-ring (bicyclic) bond motifs is 1. The lowest BCUT2D eigenvalue weighted by Crippen LogP contribution is -2.23. The number of hydrogen-bond acceptors (Lipinski definition) is 5. The number of thiazole rings is 1. The zero-order valence-corrected chi connectivity index (χ0v) is 15.1. The normalized spacial score (nSPS) is 10.3. The van der Waals surface area contributed by atoms with Crippen LogP contribution in [0.25, 0.3) is 10.2 Å². The van der Waals surface area contributed by atoms with Gasteiger partial charge in [0, 0.05) is 7.05 Å². The fraction of sp³-hybridized carbons (Fsp3) is 0.235. The number of carbonyl (C=O) groups is 1. The van der Waals surface area contributed by atoms with Crippen molar-refractivity contribution in [3.8, 4) is 0 Å². The van der Waals surface area contributed by atoms with Crippen LogP contribution in [-0.2, 0) is 7.05 Å². The van der Waals surface area contributed by atoms with Crippen LogP contribution in [0.15, 0.2) is 28.5 Å². The van der Waals surface area contributed by atoms with E-state index in [0.29, 0.717) is 0 Å². The van der Waals surface area contributed by atoms with E-state index >= 15 is 0 Å². The van der Waals surface area contributed by atoms with E-state index in [-0.39, 0.29) is 32.8 Å². The maximum absolute atomic E-state index is 14.0. The summed E-state index contributed by atoms with van der Waals surface area (Å²) in [5.74, 6) is -1.79. The summed E-state index contributed by atoms with van der Waals surface area (Å²) in [5.41, 5.74) is 1.78. The second-order valence-corrected chi connectivity index (χ2v) is 5.89. The van der Waals surface area contributed by atoms with Gasteiger partial charge >= 0.3 is 5.97 Å². The number of aromatic carboxylic acids is 1. The van der Waals surface area contributed by atoms with Gasteiger partial charge in [-0.15, -0.1) is 11.3 Å². The molecule has 6 nitrogen and oxygen atoms in total. The number of aryl methyl sites for hydroxylation is 1. The van der Waals surface area contributed by atoms with Crippen LogP contribution in [-0.4, -0.2) is 20.6 Å². The highest BCUT2D eigenvalue weighted by atomic mass is 32.1. The van der Waals surface area contributed by atoms with Crippen LogP contribution < -0.4 is 10.9 Å². The van der Waals surface area contributed by atoms with E-state index in [2.05, 4.69) is 10.3 Å². The van der Waals surface area contributed by atoms with Crippen molar-refractivity contribution in [2.45, 2.75) is 20.8 Å². The molecule has 2 N–H and O–H groups in total. The van der Waals surface area contributed by atoms with E-state index in [1.807, 2.05) is 13.8 Å². The van der Waals surface area contributed by atoms with Gasteiger partial charge in [-0.1, -0.05) is 19.9 Å². The van der Waals surface area contributed by atoms with Gasteiger partial charge in [0.05, 0.1) is 11.2 Å². The standard InChI is InChI=1S/C15H12FN3O3S.C2H6/c1-7-3-4-9(8(16)5-7)18-13-10(15(21)22)11-12(23-6-17-11)14(20)19(13)2;1-2/h3-6,18H,1-2H3,(H,21,22);1-2H3. The SMILES string of the molecule is CC.Cc1ccc(Nc2c(C(=O)O)c3ncsc3c(=O)n2C)c(F)c1. The van der Waals surface area contributed by atoms with Gasteiger partial charge in [0.1, 0.15) is 27.4 Å². The monoisotopic (exact) mass is 363 g/mol. The number of aromatic nitrogens is 2. The first-order valence-corrected chi connectivity index (χ1v) is 8.50. The average molecular weight is 363 g/mol. The Balaban J connectivity index is 0.00000109. The Morgan fingerprint density at radius 1 is 1.36 bits per heavy atom. The second-order valence-electron chi connectivity index (χ2n) is 5.03. The van der Waals surface area contributed by atoms with Crippen molar-refractivity contribution in [1.82, 2.24) is 9.55 Å². The summed E-state index contributed by atoms with van der Waals surface area (Å²) in [5, 5.41) is 12.2. The molecule has 2 heterocycles. The van der Waals surface area contributed by atoms with Gasteiger partial charge in [-0.2, -0.15) is 0 Å². The highest BCUT2D eigenvalue weighted by molar-refractivity contribution is 7.16. The molecule has 0 spiro atoms. The van der Waals surface area contributed by atoms with Gasteiger partial charge in [-0.25, -0.2) is 14.2 Å². The molecule has 0 unspecified atom stereocenters. The molecule has 3 rings (SSSR count). The maximum atomic E-state index is 14.0. The first-order chi connectivity index (χ1) is 11.9. The number of benzene rings is 1. The lowest BCUT2D eigenvalue weighted by Gasteiger charge is -2.15. The Hall–Kier alpha value is -2.74. The molecular formula is C17H18FN3O3S. The zero-order valence-electron chi connectivity index (χ0n) is 14.3. The number of carboxylic acids is 1. The molecule has 2 aromatic heterocycles. The number of anilines is 2. The minimum Gasteiger partial charge on any atom is -0.477 e. The Labute approximate surface area is 147 Å². The van der Waals surface area contributed by atoms with Gasteiger partial charge < -0.3 is 10.4 Å². The lowest BCUT2D eigenvalue weighted by molar-refractivity contribution is 0.0699. The van der Waals surface area contributed by atoms with E-state index in [0.717, 1.165) is 21.5 Å². The topological polar surface area (TPSA) is 84.2 Å². The predicted molar refractivity (Wildman–Crippen MR) is 97.6 cm³/mol. The summed E-state index contributed by atoms with van der Waals surface area (Å²) in [6, 6.07) is 4.50. The van der Waals surface area contributed by atoms with Crippen LogP contribution in [0.2, 0.25) is 0 Å². The summed E-state index contributed by atoms with van der Waals surface area (Å²) < 4.78 is 15.5. The minimum atomic E-state index is -1.24. The molecule has 0 saturated heterocycles. The first kappa shape index (κ1) is 18.6. The number of nitrogens with zero attached hydrogens (tertiary/aromatic N) is 2. The molecule has 0 amide bonds. The van der Waals surface area contributed by atoms with E-state index in [1.54, 1.807) is 13.0 Å². The van der Waals surface area contributed by atoms with Crippen LogP contribution >= 0.6 is 11.3 Å². The number of pyridine rings is 1. The quantitative estimate of drug-likeness (QED) is 0.737. The van der Waals surface area contributed by atoms with E-state index in [9.17, 15) is 19.1 Å². The highest BCUT2D eigenvalue weighted by Gasteiger charge is 2.23. The van der Waals surface area contributed by atoms with Crippen molar-refractivity contribution in [2.24, 2.45) is 7.05 Å². The van der Waals surface area contributed by atoms with E-state index < -0.39 is 11.8 Å². The molecular weight excluding hydrogens is 345 g/mol. The lowest BCUT2D eigenvalue weighted by atomic mass is 10.2. The summed E-state index contributed by atoms with van der Waals surface area (Å²) in [7, 11) is 1.43. The van der Waals surface area contributed by atoms with Crippen molar-refractivity contribution in [3.05, 3.63) is 51.0 Å². The molecule has 0 aliphatic heterocycles. The van der Waals surface area contributed by atoms with Crippen LogP contribution in [0.3, 0.4) is 0 Å². The van der Waals surface area contributed by atoms with Gasteiger partial charge in [-0.05, 0) is 24.6 Å². The van der Waals surface area contributed by atoms with Crippen molar-refractivity contribution in [1.29, 1.82) is 0 Å². The van der Waals surface area contributed by atoms with E-state index in [1.165, 1.54) is 24.7 Å². The van der Waals surface area contributed by atoms with Crippen molar-refractivity contribution < 1.29 is 14.3 Å². The number of nitrogens with one attached hydrogen (secondary N) is 1. The third-order valence-corrected chi connectivity index (χ3v) is 4.28. The highest BCUT2D eigenvalue weighted by Crippen LogP contribution is 2.28. The number of rotatable bonds is 3. The van der Waals surface area contributed by atoms with Crippen LogP contribution in [0.1, 0.15) is 29.8 Å². The Morgan fingerprint density at radius 3 is 2.64 bits per heavy atom. The third-order valence-electron chi connectivity index (χ3n) is 3.47. The molecule has 25 heavy (non-hydrogen) atoms. The van der Waals surface area contributed by atoms with Crippen LogP contribution in [0.4, 0.5) is 15.9 Å². The molecule has 3 aromatic rings. The zero-order chi connectivity index (χ0) is 18.7. The molecule has 0 aliphatic carbocycles. The Bertz CT molecular complexity index is 995. The smallest absolute Gasteiger partial charge is 0.341 e. The van der Waals surface area contributed by atoms with Crippen molar-refractivity contribution in [3.63, 3.8) is 0 Å². The number of hydrogen-bond donors (Lipinski definition) is 2. The molecule has 132 valence electrons. The van der Waals surface area contributed by atoms with Crippen LogP contribution in [0.5, 0.6) is 0 Å². The van der Waals surface area contributed by atoms with Crippen molar-refractivity contribution >= 4 is 39.0 Å². The molecule has 1 aromatic carbocycles. The third kappa shape index (κ3) is 3.39. The summed E-state index contributed by atoms with van der Waals surface area (Å²) in [4.78, 5) is 27.9. The average Bonchev–Trinajstić information content (AvgIpc) is 3.05. The first-order valence-electron chi connectivity index (χ1n) is 7.62.